The van der Waals surface area contributed by atoms with Crippen LogP contribution in [0.4, 0.5) is 16.3 Å². The average molecular weight is 269 g/mol. The number of aromatic nitrogens is 2. The number of anilines is 2. The average Bonchev–Trinajstić information content (AvgIpc) is 2.37. The molecule has 0 saturated heterocycles. The van der Waals surface area contributed by atoms with Gasteiger partial charge in [-0.25, -0.2) is 9.78 Å². The van der Waals surface area contributed by atoms with Crippen LogP contribution in [0.2, 0.25) is 0 Å². The van der Waals surface area contributed by atoms with Gasteiger partial charge in [0.15, 0.2) is 0 Å². The molecule has 0 saturated carbocycles. The van der Waals surface area contributed by atoms with E-state index in [2.05, 4.69) is 21.5 Å². The molecule has 2 aromatic heterocycles. The smallest absolute Gasteiger partial charge is 0.317 e. The number of aryl methyl sites for hydroxylation is 1. The maximum absolute atomic E-state index is 10.7. The first-order chi connectivity index (χ1) is 9.47. The number of nitrogen functional groups attached to an aromatic ring is 1. The Bertz CT molecular complexity index is 682. The minimum atomic E-state index is -0.723. The van der Waals surface area contributed by atoms with Crippen LogP contribution in [0.25, 0.3) is 0 Å². The van der Waals surface area contributed by atoms with Crippen molar-refractivity contribution < 1.29 is 9.78 Å². The van der Waals surface area contributed by atoms with Gasteiger partial charge in [-0.1, -0.05) is 0 Å². The summed E-state index contributed by atoms with van der Waals surface area (Å²) in [5, 5.41) is 10.5. The van der Waals surface area contributed by atoms with Gasteiger partial charge in [0.1, 0.15) is 5.82 Å². The molecule has 2 amide bonds. The minimum Gasteiger partial charge on any atom is -0.398 e. The molecular formula is C13H13N6O+. The predicted octanol–water partition coefficient (Wildman–Crippen LogP) is 0.279. The molecule has 0 atom stereocenters. The fourth-order valence-corrected chi connectivity index (χ4v) is 1.68. The van der Waals surface area contributed by atoms with Crippen LogP contribution >= 0.6 is 0 Å². The van der Waals surface area contributed by atoms with Gasteiger partial charge >= 0.3 is 17.9 Å². The molecule has 6 N–H and O–H groups in total. The van der Waals surface area contributed by atoms with Crippen LogP contribution in [-0.2, 0) is 0 Å². The molecule has 2 aromatic rings. The maximum atomic E-state index is 10.7. The molecule has 20 heavy (non-hydrogen) atoms. The Morgan fingerprint density at radius 2 is 2.25 bits per heavy atom. The zero-order valence-electron chi connectivity index (χ0n) is 10.8. The summed E-state index contributed by atoms with van der Waals surface area (Å²) in [6.07, 6.45) is 4.13. The molecule has 0 aromatic carbocycles. The molecule has 0 radical (unpaired) electrons. The SMILES string of the molecule is Cc1cc(C(=N)c2cnc(NC(N)=O)cc2N)cc#[n+]1. The van der Waals surface area contributed by atoms with Gasteiger partial charge in [-0.3, -0.25) is 10.7 Å². The first-order valence-corrected chi connectivity index (χ1v) is 5.73. The molecule has 0 aliphatic carbocycles. The van der Waals surface area contributed by atoms with Gasteiger partial charge in [-0.05, 0) is 4.98 Å². The Hall–Kier alpha value is -3.14. The lowest BCUT2D eigenvalue weighted by Gasteiger charge is -2.08. The number of carbonyl (C=O) groups is 1. The molecule has 0 bridgehead atoms. The molecule has 2 rings (SSSR count). The normalized spacial score (nSPS) is 9.65. The monoisotopic (exact) mass is 269 g/mol. The number of nitrogens with two attached hydrogens (primary N) is 2. The van der Waals surface area contributed by atoms with Gasteiger partial charge < -0.3 is 11.5 Å². The van der Waals surface area contributed by atoms with E-state index < -0.39 is 6.03 Å². The zero-order chi connectivity index (χ0) is 14.7. The summed E-state index contributed by atoms with van der Waals surface area (Å²) in [5.41, 5.74) is 13.3. The van der Waals surface area contributed by atoms with Crippen molar-refractivity contribution in [1.29, 1.82) is 5.41 Å². The summed E-state index contributed by atoms with van der Waals surface area (Å²) in [7, 11) is 0. The quantitative estimate of drug-likeness (QED) is 0.595. The second-order valence-corrected chi connectivity index (χ2v) is 4.15. The van der Waals surface area contributed by atoms with Crippen molar-refractivity contribution in [2.45, 2.75) is 6.92 Å². The molecule has 0 spiro atoms. The molecule has 2 heterocycles. The van der Waals surface area contributed by atoms with E-state index in [1.807, 2.05) is 6.92 Å². The highest BCUT2D eigenvalue weighted by Crippen LogP contribution is 2.18. The van der Waals surface area contributed by atoms with Crippen molar-refractivity contribution >= 4 is 23.2 Å². The van der Waals surface area contributed by atoms with Gasteiger partial charge in [0.05, 0.1) is 11.8 Å². The van der Waals surface area contributed by atoms with Crippen LogP contribution in [0.15, 0.2) is 24.4 Å². The number of amides is 2. The Balaban J connectivity index is 2.33. The molecule has 0 fully saturated rings. The highest BCUT2D eigenvalue weighted by molar-refractivity contribution is 6.13. The zero-order valence-corrected chi connectivity index (χ0v) is 10.8. The Labute approximate surface area is 115 Å². The largest absolute Gasteiger partial charge is 0.398 e. The van der Waals surface area contributed by atoms with Gasteiger partial charge in [-0.15, -0.1) is 0 Å². The first-order valence-electron chi connectivity index (χ1n) is 5.73. The summed E-state index contributed by atoms with van der Waals surface area (Å²) >= 11 is 0. The molecule has 100 valence electrons. The van der Waals surface area contributed by atoms with Crippen LogP contribution < -0.4 is 21.8 Å². The summed E-state index contributed by atoms with van der Waals surface area (Å²) < 4.78 is 0. The van der Waals surface area contributed by atoms with E-state index in [1.165, 1.54) is 12.3 Å². The summed E-state index contributed by atoms with van der Waals surface area (Å²) in [5.74, 6) is 0.240. The highest BCUT2D eigenvalue weighted by Gasteiger charge is 2.13. The molecule has 0 unspecified atom stereocenters. The Morgan fingerprint density at radius 3 is 2.85 bits per heavy atom. The van der Waals surface area contributed by atoms with Crippen molar-refractivity contribution in [3.8, 4) is 0 Å². The standard InChI is InChI=1S/C13H12N6O/c1-7-4-8(2-3-17-7)12(15)9-6-18-11(5-10(9)14)19-13(16)20/h2,4-6H,1H3,(H5-,14,15,16,18,19,20)/p+1. The van der Waals surface area contributed by atoms with Crippen molar-refractivity contribution in [1.82, 2.24) is 4.98 Å². The fraction of sp³-hybridized carbons (Fsp3) is 0.0769. The third kappa shape index (κ3) is 2.81. The van der Waals surface area contributed by atoms with Gasteiger partial charge in [0.2, 0.25) is 0 Å². The van der Waals surface area contributed by atoms with Crippen molar-refractivity contribution in [3.05, 3.63) is 47.4 Å². The number of hydrogen-bond acceptors (Lipinski definition) is 4. The van der Waals surface area contributed by atoms with E-state index in [9.17, 15) is 4.79 Å². The van der Waals surface area contributed by atoms with Gasteiger partial charge in [-0.2, -0.15) is 0 Å². The summed E-state index contributed by atoms with van der Waals surface area (Å²) in [6, 6.07) is 4.09. The second kappa shape index (κ2) is 5.24. The number of rotatable bonds is 3. The lowest BCUT2D eigenvalue weighted by Crippen LogP contribution is -2.20. The molecule has 0 aliphatic rings. The van der Waals surface area contributed by atoms with Crippen LogP contribution in [0, 0.1) is 18.5 Å². The molecular weight excluding hydrogens is 256 g/mol. The third-order valence-corrected chi connectivity index (χ3v) is 2.57. The number of primary amides is 1. The maximum Gasteiger partial charge on any atom is 0.317 e. The molecule has 7 nitrogen and oxygen atoms in total. The van der Waals surface area contributed by atoms with Gasteiger partial charge in [0.25, 0.3) is 0 Å². The topological polar surface area (TPSA) is 132 Å². The van der Waals surface area contributed by atoms with E-state index >= 15 is 0 Å². The second-order valence-electron chi connectivity index (χ2n) is 4.15. The van der Waals surface area contributed by atoms with E-state index in [4.69, 9.17) is 16.9 Å². The van der Waals surface area contributed by atoms with E-state index in [-0.39, 0.29) is 11.5 Å². The first kappa shape index (κ1) is 13.3. The van der Waals surface area contributed by atoms with Crippen molar-refractivity contribution in [2.24, 2.45) is 5.73 Å². The number of pyridine rings is 1. The van der Waals surface area contributed by atoms with E-state index in [0.717, 1.165) is 5.69 Å². The van der Waals surface area contributed by atoms with Crippen LogP contribution in [0.5, 0.6) is 0 Å². The predicted molar refractivity (Wildman–Crippen MR) is 73.4 cm³/mol. The van der Waals surface area contributed by atoms with Crippen LogP contribution in [-0.4, -0.2) is 16.7 Å². The number of nitrogens with zero attached hydrogens (tertiary/aromatic N) is 2. The lowest BCUT2D eigenvalue weighted by molar-refractivity contribution is -0.304. The highest BCUT2D eigenvalue weighted by atomic mass is 16.2. The van der Waals surface area contributed by atoms with E-state index in [0.29, 0.717) is 16.8 Å². The van der Waals surface area contributed by atoms with Crippen LogP contribution in [0.3, 0.4) is 0 Å². The molecule has 0 aliphatic heterocycles. The third-order valence-electron chi connectivity index (χ3n) is 2.57. The minimum absolute atomic E-state index is 0.211. The fourth-order valence-electron chi connectivity index (χ4n) is 1.68. The Morgan fingerprint density at radius 1 is 1.50 bits per heavy atom. The van der Waals surface area contributed by atoms with Gasteiger partial charge in [0, 0.05) is 42.1 Å². The van der Waals surface area contributed by atoms with Crippen LogP contribution in [0.1, 0.15) is 16.8 Å². The number of carbonyl (C=O) groups excluding carboxylic acids is 1. The summed E-state index contributed by atoms with van der Waals surface area (Å²) in [4.78, 5) is 18.7. The number of hydrogen-bond donors (Lipinski definition) is 4. The lowest BCUT2D eigenvalue weighted by atomic mass is 10.0. The van der Waals surface area contributed by atoms with Crippen molar-refractivity contribution in [2.75, 3.05) is 11.1 Å². The molecule has 7 heteroatoms. The van der Waals surface area contributed by atoms with E-state index in [1.54, 1.807) is 12.1 Å². The number of nitrogens with one attached hydrogen (secondary N) is 2. The summed E-state index contributed by atoms with van der Waals surface area (Å²) in [6.45, 7) is 1.81. The number of urea groups is 1. The Kier molecular flexibility index (Phi) is 3.48. The van der Waals surface area contributed by atoms with Crippen molar-refractivity contribution in [3.63, 3.8) is 0 Å².